The molecule has 2 aromatic rings. The average Bonchev–Trinajstić information content (AvgIpc) is 3.19. The smallest absolute Gasteiger partial charge is 0.255 e. The van der Waals surface area contributed by atoms with E-state index in [0.29, 0.717) is 36.9 Å². The molecule has 2 saturated heterocycles. The van der Waals surface area contributed by atoms with Gasteiger partial charge in [0.25, 0.3) is 5.91 Å². The van der Waals surface area contributed by atoms with E-state index < -0.39 is 11.9 Å². The van der Waals surface area contributed by atoms with Crippen molar-refractivity contribution in [2.45, 2.75) is 37.9 Å². The van der Waals surface area contributed by atoms with Crippen LogP contribution in [0.5, 0.6) is 0 Å². The Balaban J connectivity index is 1.33. The second-order valence-corrected chi connectivity index (χ2v) is 7.98. The predicted molar refractivity (Wildman–Crippen MR) is 106 cm³/mol. The van der Waals surface area contributed by atoms with E-state index in [9.17, 15) is 14.4 Å². The summed E-state index contributed by atoms with van der Waals surface area (Å²) in [6.07, 6.45) is 0.603. The van der Waals surface area contributed by atoms with Gasteiger partial charge in [0.05, 0.1) is 0 Å². The molecule has 10 heteroatoms. The summed E-state index contributed by atoms with van der Waals surface area (Å²) in [5.41, 5.74) is 2.37. The Hall–Kier alpha value is -3.27. The highest BCUT2D eigenvalue weighted by Gasteiger charge is 2.39. The van der Waals surface area contributed by atoms with Gasteiger partial charge in [-0.25, -0.2) is 4.68 Å². The van der Waals surface area contributed by atoms with Crippen molar-refractivity contribution in [3.8, 4) is 0 Å². The molecule has 3 N–H and O–H groups in total. The summed E-state index contributed by atoms with van der Waals surface area (Å²) in [6.45, 7) is 2.57. The molecule has 0 bridgehead atoms. The molecule has 1 unspecified atom stereocenters. The van der Waals surface area contributed by atoms with Crippen LogP contribution >= 0.6 is 0 Å². The van der Waals surface area contributed by atoms with E-state index in [1.807, 2.05) is 25.2 Å². The first-order chi connectivity index (χ1) is 14.5. The van der Waals surface area contributed by atoms with Gasteiger partial charge in [0.1, 0.15) is 6.04 Å². The maximum atomic E-state index is 13.2. The number of benzene rings is 1. The third kappa shape index (κ3) is 3.13. The minimum atomic E-state index is -0.610. The molecular formula is C20H23N7O3. The molecule has 3 aliphatic rings. The SMILES string of the molecule is Cn1nc(C2CNC2)nc1NCc1cccc2c1C(=O)N(C1CCC(=O)NC1=O)C2. The highest BCUT2D eigenvalue weighted by molar-refractivity contribution is 6.06. The van der Waals surface area contributed by atoms with E-state index in [2.05, 4.69) is 26.0 Å². The van der Waals surface area contributed by atoms with E-state index in [-0.39, 0.29) is 18.2 Å². The maximum Gasteiger partial charge on any atom is 0.255 e. The van der Waals surface area contributed by atoms with Gasteiger partial charge in [-0.2, -0.15) is 10.1 Å². The lowest BCUT2D eigenvalue weighted by Crippen LogP contribution is -2.52. The summed E-state index contributed by atoms with van der Waals surface area (Å²) < 4.78 is 1.72. The number of carbonyl (C=O) groups excluding carboxylic acids is 3. The van der Waals surface area contributed by atoms with Gasteiger partial charge >= 0.3 is 0 Å². The van der Waals surface area contributed by atoms with Crippen molar-refractivity contribution in [3.63, 3.8) is 0 Å². The molecule has 0 aliphatic carbocycles. The number of hydrogen-bond donors (Lipinski definition) is 3. The van der Waals surface area contributed by atoms with Crippen molar-refractivity contribution in [2.24, 2.45) is 7.05 Å². The summed E-state index contributed by atoms with van der Waals surface area (Å²) in [4.78, 5) is 43.0. The van der Waals surface area contributed by atoms with Crippen molar-refractivity contribution in [2.75, 3.05) is 18.4 Å². The van der Waals surface area contributed by atoms with Crippen LogP contribution in [0.15, 0.2) is 18.2 Å². The van der Waals surface area contributed by atoms with E-state index in [0.717, 1.165) is 30.0 Å². The third-order valence-corrected chi connectivity index (χ3v) is 6.00. The zero-order chi connectivity index (χ0) is 20.8. The lowest BCUT2D eigenvalue weighted by Gasteiger charge is -2.29. The molecule has 10 nitrogen and oxygen atoms in total. The molecule has 1 aromatic carbocycles. The summed E-state index contributed by atoms with van der Waals surface area (Å²) in [5, 5.41) is 13.3. The lowest BCUT2D eigenvalue weighted by molar-refractivity contribution is -0.136. The number of nitrogens with one attached hydrogen (secondary N) is 3. The van der Waals surface area contributed by atoms with Gasteiger partial charge in [-0.1, -0.05) is 18.2 Å². The van der Waals surface area contributed by atoms with Crippen LogP contribution in [0.2, 0.25) is 0 Å². The van der Waals surface area contributed by atoms with Crippen molar-refractivity contribution < 1.29 is 14.4 Å². The number of aryl methyl sites for hydroxylation is 1. The van der Waals surface area contributed by atoms with Crippen LogP contribution in [0.3, 0.4) is 0 Å². The fraction of sp³-hybridized carbons (Fsp3) is 0.450. The number of aromatic nitrogens is 3. The van der Waals surface area contributed by atoms with Crippen molar-refractivity contribution in [1.29, 1.82) is 0 Å². The van der Waals surface area contributed by atoms with Crippen molar-refractivity contribution in [3.05, 3.63) is 40.7 Å². The fourth-order valence-electron chi connectivity index (χ4n) is 4.21. The standard InChI is InChI=1S/C20H23N7O3/c1-26-20(24-17(25-26)13-7-21-8-13)22-9-11-3-2-4-12-10-27(19(30)16(11)12)14-5-6-15(28)23-18(14)29/h2-4,13-14,21H,5-10H2,1H3,(H,22,24,25)(H,23,28,29). The summed E-state index contributed by atoms with van der Waals surface area (Å²) in [7, 11) is 1.84. The molecule has 4 heterocycles. The average molecular weight is 409 g/mol. The summed E-state index contributed by atoms with van der Waals surface area (Å²) in [5.74, 6) is 0.960. The number of fused-ring (bicyclic) bond motifs is 1. The van der Waals surface area contributed by atoms with Crippen LogP contribution in [-0.2, 0) is 29.7 Å². The molecule has 2 fully saturated rings. The second kappa shape index (κ2) is 7.21. The second-order valence-electron chi connectivity index (χ2n) is 7.98. The molecule has 0 spiro atoms. The first-order valence-electron chi connectivity index (χ1n) is 10.1. The van der Waals surface area contributed by atoms with Crippen molar-refractivity contribution in [1.82, 2.24) is 30.3 Å². The molecule has 1 aromatic heterocycles. The Morgan fingerprint density at radius 2 is 2.07 bits per heavy atom. The molecule has 5 rings (SSSR count). The van der Waals surface area contributed by atoms with E-state index in [1.165, 1.54) is 0 Å². The Labute approximate surface area is 173 Å². The van der Waals surface area contributed by atoms with Crippen LogP contribution in [0.1, 0.15) is 46.1 Å². The number of amides is 3. The van der Waals surface area contributed by atoms with Gasteiger partial charge in [0, 0.05) is 51.1 Å². The highest BCUT2D eigenvalue weighted by Crippen LogP contribution is 2.30. The van der Waals surface area contributed by atoms with E-state index in [1.54, 1.807) is 9.58 Å². The summed E-state index contributed by atoms with van der Waals surface area (Å²) >= 11 is 0. The number of anilines is 1. The van der Waals surface area contributed by atoms with E-state index >= 15 is 0 Å². The van der Waals surface area contributed by atoms with Crippen LogP contribution in [0.4, 0.5) is 5.95 Å². The number of imide groups is 1. The Kier molecular flexibility index (Phi) is 4.50. The summed E-state index contributed by atoms with van der Waals surface area (Å²) in [6, 6.07) is 5.12. The molecule has 30 heavy (non-hydrogen) atoms. The first-order valence-corrected chi connectivity index (χ1v) is 10.1. The highest BCUT2D eigenvalue weighted by atomic mass is 16.2. The van der Waals surface area contributed by atoms with Crippen LogP contribution in [0, 0.1) is 0 Å². The maximum absolute atomic E-state index is 13.2. The number of hydrogen-bond acceptors (Lipinski definition) is 7. The molecule has 3 aliphatic heterocycles. The number of nitrogens with zero attached hydrogens (tertiary/aromatic N) is 4. The lowest BCUT2D eigenvalue weighted by atomic mass is 10.0. The van der Waals surface area contributed by atoms with Gasteiger partial charge in [-0.15, -0.1) is 0 Å². The first kappa shape index (κ1) is 18.7. The molecular weight excluding hydrogens is 386 g/mol. The van der Waals surface area contributed by atoms with E-state index in [4.69, 9.17) is 0 Å². The topological polar surface area (TPSA) is 121 Å². The number of carbonyl (C=O) groups is 3. The van der Waals surface area contributed by atoms with Crippen molar-refractivity contribution >= 4 is 23.7 Å². The molecule has 156 valence electrons. The number of piperidine rings is 1. The monoisotopic (exact) mass is 409 g/mol. The predicted octanol–water partition coefficient (Wildman–Crippen LogP) is -0.125. The molecule has 1 atom stereocenters. The zero-order valence-corrected chi connectivity index (χ0v) is 16.6. The van der Waals surface area contributed by atoms with Crippen LogP contribution in [-0.4, -0.2) is 56.5 Å². The zero-order valence-electron chi connectivity index (χ0n) is 16.6. The number of rotatable bonds is 5. The molecule has 0 radical (unpaired) electrons. The fourth-order valence-corrected chi connectivity index (χ4v) is 4.21. The van der Waals surface area contributed by atoms with Crippen LogP contribution < -0.4 is 16.0 Å². The van der Waals surface area contributed by atoms with Crippen LogP contribution in [0.25, 0.3) is 0 Å². The largest absolute Gasteiger partial charge is 0.350 e. The normalized spacial score (nSPS) is 21.4. The van der Waals surface area contributed by atoms with Gasteiger partial charge < -0.3 is 15.5 Å². The van der Waals surface area contributed by atoms with Gasteiger partial charge in [0.2, 0.25) is 17.8 Å². The molecule has 0 saturated carbocycles. The van der Waals surface area contributed by atoms with Gasteiger partial charge in [-0.05, 0) is 17.5 Å². The van der Waals surface area contributed by atoms with Gasteiger partial charge in [0.15, 0.2) is 5.82 Å². The van der Waals surface area contributed by atoms with Gasteiger partial charge in [-0.3, -0.25) is 19.7 Å². The quantitative estimate of drug-likeness (QED) is 0.589. The Morgan fingerprint density at radius 1 is 1.23 bits per heavy atom. The Bertz CT molecular complexity index is 1040. The molecule has 3 amide bonds. The minimum Gasteiger partial charge on any atom is -0.350 e. The Morgan fingerprint density at radius 3 is 2.80 bits per heavy atom. The minimum absolute atomic E-state index is 0.170. The third-order valence-electron chi connectivity index (χ3n) is 6.00.